The SMILES string of the molecule is O=C(NCc1ccc(C(=O)c2ccsc2)s1)c1ccc(Cl)cc1. The number of carbonyl (C=O) groups is 2. The van der Waals surface area contributed by atoms with E-state index in [0.29, 0.717) is 27.6 Å². The van der Waals surface area contributed by atoms with Crippen molar-refractivity contribution < 1.29 is 9.59 Å². The predicted octanol–water partition coefficient (Wildman–Crippen LogP) is 4.62. The lowest BCUT2D eigenvalue weighted by atomic mass is 10.2. The molecule has 0 atom stereocenters. The average Bonchev–Trinajstić information content (AvgIpc) is 3.24. The van der Waals surface area contributed by atoms with Gasteiger partial charge in [0.25, 0.3) is 5.91 Å². The van der Waals surface area contributed by atoms with Gasteiger partial charge in [-0.05, 0) is 47.8 Å². The van der Waals surface area contributed by atoms with E-state index in [1.807, 2.05) is 22.9 Å². The van der Waals surface area contributed by atoms with Gasteiger partial charge in [0.1, 0.15) is 0 Å². The smallest absolute Gasteiger partial charge is 0.251 e. The van der Waals surface area contributed by atoms with E-state index >= 15 is 0 Å². The van der Waals surface area contributed by atoms with Crippen molar-refractivity contribution in [1.29, 1.82) is 0 Å². The van der Waals surface area contributed by atoms with Crippen LogP contribution in [0, 0.1) is 0 Å². The molecule has 1 N–H and O–H groups in total. The number of hydrogen-bond acceptors (Lipinski definition) is 4. The zero-order chi connectivity index (χ0) is 16.2. The van der Waals surface area contributed by atoms with Gasteiger partial charge in [0.15, 0.2) is 0 Å². The van der Waals surface area contributed by atoms with Crippen LogP contribution in [-0.2, 0) is 6.54 Å². The van der Waals surface area contributed by atoms with E-state index in [-0.39, 0.29) is 11.7 Å². The van der Waals surface area contributed by atoms with Crippen LogP contribution in [0.3, 0.4) is 0 Å². The zero-order valence-corrected chi connectivity index (χ0v) is 14.3. The Morgan fingerprint density at radius 2 is 1.78 bits per heavy atom. The first kappa shape index (κ1) is 15.9. The molecule has 3 nitrogen and oxygen atoms in total. The number of ketones is 1. The number of carbonyl (C=O) groups excluding carboxylic acids is 2. The van der Waals surface area contributed by atoms with E-state index in [9.17, 15) is 9.59 Å². The first-order chi connectivity index (χ1) is 11.1. The summed E-state index contributed by atoms with van der Waals surface area (Å²) in [4.78, 5) is 25.9. The molecule has 1 amide bonds. The molecular weight excluding hydrogens is 350 g/mol. The molecule has 3 rings (SSSR count). The van der Waals surface area contributed by atoms with Gasteiger partial charge in [-0.3, -0.25) is 9.59 Å². The van der Waals surface area contributed by atoms with Gasteiger partial charge in [0, 0.05) is 26.4 Å². The van der Waals surface area contributed by atoms with Crippen molar-refractivity contribution in [3.8, 4) is 0 Å². The van der Waals surface area contributed by atoms with Crippen LogP contribution >= 0.6 is 34.3 Å². The van der Waals surface area contributed by atoms with Crippen LogP contribution in [0.2, 0.25) is 5.02 Å². The summed E-state index contributed by atoms with van der Waals surface area (Å²) in [5.74, 6) is -0.146. The Morgan fingerprint density at radius 1 is 1.00 bits per heavy atom. The Hall–Kier alpha value is -1.95. The lowest BCUT2D eigenvalue weighted by Crippen LogP contribution is -2.22. The molecule has 1 aromatic carbocycles. The fourth-order valence-electron chi connectivity index (χ4n) is 2.00. The number of halogens is 1. The van der Waals surface area contributed by atoms with Crippen molar-refractivity contribution >= 4 is 46.0 Å². The maximum Gasteiger partial charge on any atom is 0.251 e. The largest absolute Gasteiger partial charge is 0.347 e. The minimum absolute atomic E-state index is 0.0199. The van der Waals surface area contributed by atoms with Crippen molar-refractivity contribution in [3.05, 3.63) is 79.1 Å². The van der Waals surface area contributed by atoms with Crippen LogP contribution in [-0.4, -0.2) is 11.7 Å². The monoisotopic (exact) mass is 361 g/mol. The summed E-state index contributed by atoms with van der Waals surface area (Å²) in [6.45, 7) is 0.392. The van der Waals surface area contributed by atoms with Gasteiger partial charge in [0.2, 0.25) is 5.78 Å². The molecule has 0 aliphatic carbocycles. The van der Waals surface area contributed by atoms with Crippen LogP contribution in [0.5, 0.6) is 0 Å². The highest BCUT2D eigenvalue weighted by atomic mass is 35.5. The molecule has 6 heteroatoms. The quantitative estimate of drug-likeness (QED) is 0.674. The van der Waals surface area contributed by atoms with E-state index in [0.717, 1.165) is 4.88 Å². The molecule has 23 heavy (non-hydrogen) atoms. The van der Waals surface area contributed by atoms with Crippen molar-refractivity contribution in [1.82, 2.24) is 5.32 Å². The summed E-state index contributed by atoms with van der Waals surface area (Å²) in [5.41, 5.74) is 1.26. The summed E-state index contributed by atoms with van der Waals surface area (Å²) in [7, 11) is 0. The Morgan fingerprint density at radius 3 is 2.48 bits per heavy atom. The van der Waals surface area contributed by atoms with E-state index in [2.05, 4.69) is 5.32 Å². The first-order valence-electron chi connectivity index (χ1n) is 6.83. The summed E-state index contributed by atoms with van der Waals surface area (Å²) >= 11 is 8.70. The standard InChI is InChI=1S/C17H12ClNO2S2/c18-13-3-1-11(2-4-13)17(21)19-9-14-5-6-15(23-14)16(20)12-7-8-22-10-12/h1-8,10H,9H2,(H,19,21). The number of amides is 1. The molecule has 0 fully saturated rings. The van der Waals surface area contributed by atoms with Crippen molar-refractivity contribution in [3.63, 3.8) is 0 Å². The van der Waals surface area contributed by atoms with Gasteiger partial charge in [0.05, 0.1) is 11.4 Å². The third kappa shape index (κ3) is 3.88. The number of nitrogens with one attached hydrogen (secondary N) is 1. The van der Waals surface area contributed by atoms with Gasteiger partial charge in [-0.15, -0.1) is 11.3 Å². The minimum Gasteiger partial charge on any atom is -0.347 e. The average molecular weight is 362 g/mol. The van der Waals surface area contributed by atoms with Gasteiger partial charge in [-0.1, -0.05) is 11.6 Å². The first-order valence-corrected chi connectivity index (χ1v) is 8.96. The fraction of sp³-hybridized carbons (Fsp3) is 0.0588. The van der Waals surface area contributed by atoms with Gasteiger partial charge in [-0.2, -0.15) is 11.3 Å². The number of hydrogen-bond donors (Lipinski definition) is 1. The van der Waals surface area contributed by atoms with Crippen LogP contribution < -0.4 is 5.32 Å². The molecule has 2 aromatic heterocycles. The Balaban J connectivity index is 1.62. The maximum atomic E-state index is 12.2. The van der Waals surface area contributed by atoms with Crippen molar-refractivity contribution in [2.75, 3.05) is 0 Å². The Bertz CT molecular complexity index is 823. The molecule has 0 saturated carbocycles. The molecule has 3 aromatic rings. The summed E-state index contributed by atoms with van der Waals surface area (Å²) in [6, 6.07) is 12.2. The molecule has 0 radical (unpaired) electrons. The third-order valence-electron chi connectivity index (χ3n) is 3.20. The molecule has 0 spiro atoms. The number of rotatable bonds is 5. The highest BCUT2D eigenvalue weighted by Gasteiger charge is 2.13. The van der Waals surface area contributed by atoms with Crippen molar-refractivity contribution in [2.24, 2.45) is 0 Å². The highest BCUT2D eigenvalue weighted by Crippen LogP contribution is 2.21. The van der Waals surface area contributed by atoms with Crippen molar-refractivity contribution in [2.45, 2.75) is 6.54 Å². The summed E-state index contributed by atoms with van der Waals surface area (Å²) in [5, 5.41) is 7.16. The van der Waals surface area contributed by atoms with Gasteiger partial charge in [-0.25, -0.2) is 0 Å². The van der Waals surface area contributed by atoms with Crippen LogP contribution in [0.25, 0.3) is 0 Å². The lowest BCUT2D eigenvalue weighted by molar-refractivity contribution is 0.0950. The lowest BCUT2D eigenvalue weighted by Gasteiger charge is -2.03. The minimum atomic E-state index is -0.166. The molecule has 2 heterocycles. The molecule has 0 aliphatic heterocycles. The van der Waals surface area contributed by atoms with Gasteiger partial charge >= 0.3 is 0 Å². The number of thiophene rings is 2. The second kappa shape index (κ2) is 7.08. The second-order valence-corrected chi connectivity index (χ2v) is 7.18. The maximum absolute atomic E-state index is 12.2. The Kier molecular flexibility index (Phi) is 4.91. The van der Waals surface area contributed by atoms with E-state index in [4.69, 9.17) is 11.6 Å². The summed E-state index contributed by atoms with van der Waals surface area (Å²) in [6.07, 6.45) is 0. The topological polar surface area (TPSA) is 46.2 Å². The molecule has 0 saturated heterocycles. The Labute approximate surface area is 146 Å². The van der Waals surface area contributed by atoms with E-state index < -0.39 is 0 Å². The van der Waals surface area contributed by atoms with Crippen LogP contribution in [0.4, 0.5) is 0 Å². The van der Waals surface area contributed by atoms with Crippen LogP contribution in [0.1, 0.15) is 30.5 Å². The highest BCUT2D eigenvalue weighted by molar-refractivity contribution is 7.14. The third-order valence-corrected chi connectivity index (χ3v) is 5.22. The van der Waals surface area contributed by atoms with Gasteiger partial charge < -0.3 is 5.32 Å². The van der Waals surface area contributed by atoms with Crippen LogP contribution in [0.15, 0.2) is 53.2 Å². The molecular formula is C17H12ClNO2S2. The second-order valence-electron chi connectivity index (χ2n) is 4.80. The fourth-order valence-corrected chi connectivity index (χ4v) is 3.67. The number of benzene rings is 1. The molecule has 0 unspecified atom stereocenters. The summed E-state index contributed by atoms with van der Waals surface area (Å²) < 4.78 is 0. The van der Waals surface area contributed by atoms with E-state index in [1.54, 1.807) is 30.3 Å². The molecule has 0 aliphatic rings. The molecule has 0 bridgehead atoms. The normalized spacial score (nSPS) is 10.5. The van der Waals surface area contributed by atoms with E-state index in [1.165, 1.54) is 22.7 Å². The molecule has 116 valence electrons. The zero-order valence-electron chi connectivity index (χ0n) is 11.9. The predicted molar refractivity (Wildman–Crippen MR) is 94.7 cm³/mol.